The molecule has 0 saturated carbocycles. The van der Waals surface area contributed by atoms with Crippen LogP contribution >= 0.6 is 11.8 Å². The Bertz CT molecular complexity index is 1190. The first-order valence-electron chi connectivity index (χ1n) is 9.10. The second-order valence-corrected chi connectivity index (χ2v) is 7.86. The van der Waals surface area contributed by atoms with E-state index >= 15 is 0 Å². The van der Waals surface area contributed by atoms with E-state index in [1.165, 1.54) is 23.9 Å². The molecule has 1 aliphatic heterocycles. The summed E-state index contributed by atoms with van der Waals surface area (Å²) in [5.41, 5.74) is 3.73. The number of nitrogens with zero attached hydrogens (tertiary/aromatic N) is 2. The number of aliphatic imine (C=N–C) groups is 1. The van der Waals surface area contributed by atoms with Crippen molar-refractivity contribution in [1.82, 2.24) is 5.32 Å². The fourth-order valence-corrected chi connectivity index (χ4v) is 3.90. The molecule has 0 radical (unpaired) electrons. The number of nitro groups is 1. The van der Waals surface area contributed by atoms with Gasteiger partial charge in [0.25, 0.3) is 11.6 Å². The zero-order valence-corrected chi connectivity index (χ0v) is 17.0. The highest BCUT2D eigenvalue weighted by Crippen LogP contribution is 2.31. The predicted molar refractivity (Wildman–Crippen MR) is 118 cm³/mol. The van der Waals surface area contributed by atoms with E-state index in [-0.39, 0.29) is 11.6 Å². The van der Waals surface area contributed by atoms with Crippen LogP contribution in [0, 0.1) is 24.0 Å². The van der Waals surface area contributed by atoms with Gasteiger partial charge in [0.1, 0.15) is 11.5 Å². The van der Waals surface area contributed by atoms with Crippen molar-refractivity contribution in [3.8, 4) is 11.3 Å². The third-order valence-electron chi connectivity index (χ3n) is 4.35. The quantitative estimate of drug-likeness (QED) is 0.349. The molecular weight excluding hydrogens is 402 g/mol. The summed E-state index contributed by atoms with van der Waals surface area (Å²) in [6.45, 7) is 4.00. The summed E-state index contributed by atoms with van der Waals surface area (Å²) in [6, 6.07) is 15.6. The number of nitro benzene ring substituents is 1. The number of nitrogens with one attached hydrogen (secondary N) is 1. The third kappa shape index (κ3) is 4.33. The smallest absolute Gasteiger partial charge is 0.269 e. The highest BCUT2D eigenvalue weighted by Gasteiger charge is 2.24. The minimum atomic E-state index is -0.450. The van der Waals surface area contributed by atoms with Crippen molar-refractivity contribution < 1.29 is 14.1 Å². The first-order chi connectivity index (χ1) is 14.4. The monoisotopic (exact) mass is 419 g/mol. The van der Waals surface area contributed by atoms with Gasteiger partial charge in [0.05, 0.1) is 15.5 Å². The maximum absolute atomic E-state index is 12.3. The minimum Gasteiger partial charge on any atom is -0.457 e. The van der Waals surface area contributed by atoms with Gasteiger partial charge in [0.2, 0.25) is 0 Å². The van der Waals surface area contributed by atoms with E-state index in [4.69, 9.17) is 4.42 Å². The molecule has 7 nitrogen and oxygen atoms in total. The molecule has 0 spiro atoms. The molecule has 1 amide bonds. The zero-order valence-electron chi connectivity index (χ0n) is 16.2. The molecule has 8 heteroatoms. The number of carbonyl (C=O) groups excluding carboxylic acids is 1. The van der Waals surface area contributed by atoms with Crippen LogP contribution in [-0.4, -0.2) is 16.0 Å². The SMILES string of the molecule is Cc1cc(C)cc(N=C2NC(=O)C(=Cc3ccc(-c4ccc([N+](=O)[O-])cc4)o3)S2)c1. The van der Waals surface area contributed by atoms with Gasteiger partial charge in [-0.1, -0.05) is 6.07 Å². The Morgan fingerprint density at radius 1 is 1.07 bits per heavy atom. The molecule has 0 atom stereocenters. The molecule has 0 unspecified atom stereocenters. The lowest BCUT2D eigenvalue weighted by molar-refractivity contribution is -0.384. The first kappa shape index (κ1) is 19.7. The van der Waals surface area contributed by atoms with Gasteiger partial charge in [-0.15, -0.1) is 0 Å². The molecular formula is C22H17N3O4S. The van der Waals surface area contributed by atoms with Gasteiger partial charge in [-0.25, -0.2) is 4.99 Å². The number of carbonyl (C=O) groups is 1. The van der Waals surface area contributed by atoms with Gasteiger partial charge in [-0.3, -0.25) is 14.9 Å². The van der Waals surface area contributed by atoms with Gasteiger partial charge in [-0.2, -0.15) is 0 Å². The summed E-state index contributed by atoms with van der Waals surface area (Å²) in [5.74, 6) is 0.828. The Hall–Kier alpha value is -3.65. The van der Waals surface area contributed by atoms with Gasteiger partial charge < -0.3 is 9.73 Å². The lowest BCUT2D eigenvalue weighted by Crippen LogP contribution is -2.19. The Labute approximate surface area is 176 Å². The van der Waals surface area contributed by atoms with Gasteiger partial charge in [0, 0.05) is 23.8 Å². The number of aryl methyl sites for hydroxylation is 2. The molecule has 1 aromatic heterocycles. The summed E-state index contributed by atoms with van der Waals surface area (Å²) in [5, 5.41) is 14.1. The number of hydrogen-bond donors (Lipinski definition) is 1. The second-order valence-electron chi connectivity index (χ2n) is 6.83. The molecule has 3 aromatic rings. The largest absolute Gasteiger partial charge is 0.457 e. The summed E-state index contributed by atoms with van der Waals surface area (Å²) >= 11 is 1.25. The van der Waals surface area contributed by atoms with Crippen molar-refractivity contribution in [1.29, 1.82) is 0 Å². The number of amides is 1. The summed E-state index contributed by atoms with van der Waals surface area (Å²) in [6.07, 6.45) is 1.65. The third-order valence-corrected chi connectivity index (χ3v) is 5.26. The van der Waals surface area contributed by atoms with Gasteiger partial charge >= 0.3 is 0 Å². The standard InChI is InChI=1S/C22H17N3O4S/c1-13-9-14(2)11-16(10-13)23-22-24-21(26)20(30-22)12-18-7-8-19(29-18)15-3-5-17(6-4-15)25(27)28/h3-12H,1-2H3,(H,23,24,26). The zero-order chi connectivity index (χ0) is 21.3. The van der Waals surface area contributed by atoms with E-state index in [9.17, 15) is 14.9 Å². The maximum Gasteiger partial charge on any atom is 0.269 e. The molecule has 1 N–H and O–H groups in total. The number of benzene rings is 2. The fraction of sp³-hybridized carbons (Fsp3) is 0.0909. The van der Waals surface area contributed by atoms with Crippen molar-refractivity contribution in [2.24, 2.45) is 4.99 Å². The molecule has 1 saturated heterocycles. The molecule has 2 aromatic carbocycles. The number of thioether (sulfide) groups is 1. The lowest BCUT2D eigenvalue weighted by Gasteiger charge is -2.00. The van der Waals surface area contributed by atoms with Crippen LogP contribution in [0.1, 0.15) is 16.9 Å². The molecule has 1 aliphatic rings. The van der Waals surface area contributed by atoms with Crippen molar-refractivity contribution in [2.45, 2.75) is 13.8 Å². The normalized spacial score (nSPS) is 16.3. The maximum atomic E-state index is 12.3. The Morgan fingerprint density at radius 3 is 2.43 bits per heavy atom. The summed E-state index contributed by atoms with van der Waals surface area (Å²) in [7, 11) is 0. The first-order valence-corrected chi connectivity index (χ1v) is 9.91. The molecule has 1 fully saturated rings. The second kappa shape index (κ2) is 8.00. The summed E-state index contributed by atoms with van der Waals surface area (Å²) in [4.78, 5) is 27.6. The number of hydrogen-bond acceptors (Lipinski definition) is 6. The van der Waals surface area contributed by atoms with E-state index in [2.05, 4.69) is 16.4 Å². The highest BCUT2D eigenvalue weighted by molar-refractivity contribution is 8.18. The predicted octanol–water partition coefficient (Wildman–Crippen LogP) is 5.36. The Morgan fingerprint density at radius 2 is 1.77 bits per heavy atom. The van der Waals surface area contributed by atoms with Crippen LogP contribution in [0.4, 0.5) is 11.4 Å². The molecule has 0 aliphatic carbocycles. The van der Waals surface area contributed by atoms with Gasteiger partial charge in [0.15, 0.2) is 5.17 Å². The van der Waals surface area contributed by atoms with E-state index in [0.717, 1.165) is 16.8 Å². The average Bonchev–Trinajstić information content (AvgIpc) is 3.28. The van der Waals surface area contributed by atoms with E-state index in [0.29, 0.717) is 27.2 Å². The number of amidine groups is 1. The van der Waals surface area contributed by atoms with Crippen molar-refractivity contribution in [2.75, 3.05) is 0 Å². The van der Waals surface area contributed by atoms with E-state index in [1.54, 1.807) is 30.3 Å². The molecule has 2 heterocycles. The van der Waals surface area contributed by atoms with Crippen LogP contribution in [-0.2, 0) is 4.79 Å². The number of non-ortho nitro benzene ring substituents is 1. The van der Waals surface area contributed by atoms with Crippen LogP contribution in [0.15, 0.2) is 68.9 Å². The highest BCUT2D eigenvalue weighted by atomic mass is 32.2. The lowest BCUT2D eigenvalue weighted by atomic mass is 10.1. The number of furan rings is 1. The van der Waals surface area contributed by atoms with Crippen molar-refractivity contribution in [3.63, 3.8) is 0 Å². The number of rotatable bonds is 4. The minimum absolute atomic E-state index is 0.0160. The Balaban J connectivity index is 1.53. The van der Waals surface area contributed by atoms with Gasteiger partial charge in [-0.05, 0) is 73.1 Å². The average molecular weight is 419 g/mol. The topological polar surface area (TPSA) is 97.7 Å². The van der Waals surface area contributed by atoms with E-state index < -0.39 is 4.92 Å². The van der Waals surface area contributed by atoms with Crippen LogP contribution in [0.2, 0.25) is 0 Å². The van der Waals surface area contributed by atoms with Crippen LogP contribution < -0.4 is 5.32 Å². The van der Waals surface area contributed by atoms with Crippen LogP contribution in [0.5, 0.6) is 0 Å². The molecule has 150 valence electrons. The summed E-state index contributed by atoms with van der Waals surface area (Å²) < 4.78 is 5.79. The molecule has 4 rings (SSSR count). The van der Waals surface area contributed by atoms with Crippen molar-refractivity contribution >= 4 is 40.3 Å². The van der Waals surface area contributed by atoms with E-state index in [1.807, 2.05) is 26.0 Å². The molecule has 30 heavy (non-hydrogen) atoms. The molecule has 0 bridgehead atoms. The van der Waals surface area contributed by atoms with Crippen LogP contribution in [0.3, 0.4) is 0 Å². The fourth-order valence-electron chi connectivity index (χ4n) is 3.08. The van der Waals surface area contributed by atoms with Crippen LogP contribution in [0.25, 0.3) is 17.4 Å². The van der Waals surface area contributed by atoms with Crippen molar-refractivity contribution in [3.05, 3.63) is 86.5 Å². The Kier molecular flexibility index (Phi) is 5.24.